The quantitative estimate of drug-likeness (QED) is 0.776. The van der Waals surface area contributed by atoms with E-state index in [2.05, 4.69) is 39.7 Å². The number of hydrogen-bond acceptors (Lipinski definition) is 2. The Morgan fingerprint density at radius 1 is 1.29 bits per heavy atom. The van der Waals surface area contributed by atoms with Gasteiger partial charge in [0.25, 0.3) is 0 Å². The number of alkyl halides is 1. The van der Waals surface area contributed by atoms with Crippen molar-refractivity contribution in [3.63, 3.8) is 0 Å². The van der Waals surface area contributed by atoms with Crippen molar-refractivity contribution in [1.29, 1.82) is 0 Å². The van der Waals surface area contributed by atoms with Gasteiger partial charge in [-0.1, -0.05) is 29.8 Å². The highest BCUT2D eigenvalue weighted by atomic mass is 79.9. The number of aromatic nitrogens is 2. The van der Waals surface area contributed by atoms with Crippen molar-refractivity contribution in [2.75, 3.05) is 0 Å². The third-order valence-corrected chi connectivity index (χ3v) is 2.96. The van der Waals surface area contributed by atoms with Crippen LogP contribution in [0, 0.1) is 13.8 Å². The summed E-state index contributed by atoms with van der Waals surface area (Å²) in [5.74, 6) is 1.38. The highest BCUT2D eigenvalue weighted by Crippen LogP contribution is 2.25. The first-order valence-electron chi connectivity index (χ1n) is 5.00. The summed E-state index contributed by atoms with van der Waals surface area (Å²) in [6.45, 7) is 8.35. The van der Waals surface area contributed by atoms with Gasteiger partial charge in [-0.05, 0) is 26.3 Å². The van der Waals surface area contributed by atoms with Crippen LogP contribution in [0.5, 0.6) is 0 Å². The molecule has 1 aromatic rings. The number of rotatable bonds is 3. The molecule has 1 heterocycles. The van der Waals surface area contributed by atoms with Crippen LogP contribution < -0.4 is 0 Å². The fourth-order valence-corrected chi connectivity index (χ4v) is 2.24. The summed E-state index contributed by atoms with van der Waals surface area (Å²) < 4.78 is 0. The fraction of sp³-hybridized carbons (Fsp3) is 0.636. The van der Waals surface area contributed by atoms with Crippen molar-refractivity contribution in [1.82, 2.24) is 9.97 Å². The lowest BCUT2D eigenvalue weighted by atomic mass is 10.0. The Morgan fingerprint density at radius 2 is 1.79 bits per heavy atom. The summed E-state index contributed by atoms with van der Waals surface area (Å²) >= 11 is 3.61. The zero-order chi connectivity index (χ0) is 10.7. The monoisotopic (exact) mass is 256 g/mol. The molecule has 0 saturated heterocycles. The van der Waals surface area contributed by atoms with E-state index in [0.717, 1.165) is 23.6 Å². The lowest BCUT2D eigenvalue weighted by Crippen LogP contribution is -2.13. The molecule has 14 heavy (non-hydrogen) atoms. The van der Waals surface area contributed by atoms with E-state index in [4.69, 9.17) is 0 Å². The van der Waals surface area contributed by atoms with Gasteiger partial charge in [0.2, 0.25) is 0 Å². The summed E-state index contributed by atoms with van der Waals surface area (Å²) in [5, 5.41) is 0. The van der Waals surface area contributed by atoms with Gasteiger partial charge in [-0.15, -0.1) is 0 Å². The van der Waals surface area contributed by atoms with Gasteiger partial charge in [-0.2, -0.15) is 0 Å². The van der Waals surface area contributed by atoms with Gasteiger partial charge in [0.15, 0.2) is 0 Å². The number of aryl methyl sites for hydroxylation is 2. The molecule has 0 bridgehead atoms. The lowest BCUT2D eigenvalue weighted by Gasteiger charge is -2.16. The summed E-state index contributed by atoms with van der Waals surface area (Å²) in [6, 6.07) is 2.01. The Bertz CT molecular complexity index is 290. The highest BCUT2D eigenvalue weighted by Gasteiger charge is 2.18. The van der Waals surface area contributed by atoms with Gasteiger partial charge in [0.05, 0.1) is 0 Å². The first-order chi connectivity index (χ1) is 6.54. The van der Waals surface area contributed by atoms with E-state index in [1.807, 2.05) is 19.9 Å². The molecule has 0 aliphatic rings. The minimum absolute atomic E-state index is 0.411. The molecule has 1 aromatic heterocycles. The summed E-state index contributed by atoms with van der Waals surface area (Å²) in [5.41, 5.74) is 2.11. The second-order valence-electron chi connectivity index (χ2n) is 3.70. The SMILES string of the molecule is CCC(c1nc(C)cc(C)n1)C(C)Br. The van der Waals surface area contributed by atoms with Gasteiger partial charge in [-0.3, -0.25) is 0 Å². The van der Waals surface area contributed by atoms with E-state index in [1.54, 1.807) is 0 Å². The molecule has 2 nitrogen and oxygen atoms in total. The van der Waals surface area contributed by atoms with E-state index < -0.39 is 0 Å². The standard InChI is InChI=1S/C11H17BrN2/c1-5-10(9(4)12)11-13-7(2)6-8(3)14-11/h6,9-10H,5H2,1-4H3. The predicted octanol–water partition coefficient (Wildman–Crippen LogP) is 3.37. The summed E-state index contributed by atoms with van der Waals surface area (Å²) in [4.78, 5) is 9.40. The average Bonchev–Trinajstić information content (AvgIpc) is 2.02. The van der Waals surface area contributed by atoms with Crippen LogP contribution in [0.4, 0.5) is 0 Å². The molecule has 0 aliphatic carbocycles. The molecule has 0 N–H and O–H groups in total. The second kappa shape index (κ2) is 4.87. The molecule has 0 radical (unpaired) electrons. The van der Waals surface area contributed by atoms with Crippen LogP contribution in [0.1, 0.15) is 43.4 Å². The van der Waals surface area contributed by atoms with Crippen LogP contribution in [-0.2, 0) is 0 Å². The molecule has 0 aliphatic heterocycles. The molecule has 0 fully saturated rings. The Morgan fingerprint density at radius 3 is 2.14 bits per heavy atom. The molecule has 78 valence electrons. The lowest BCUT2D eigenvalue weighted by molar-refractivity contribution is 0.615. The van der Waals surface area contributed by atoms with E-state index in [1.165, 1.54) is 0 Å². The van der Waals surface area contributed by atoms with Crippen molar-refractivity contribution < 1.29 is 0 Å². The van der Waals surface area contributed by atoms with E-state index >= 15 is 0 Å². The Kier molecular flexibility index (Phi) is 4.05. The maximum Gasteiger partial charge on any atom is 0.133 e. The van der Waals surface area contributed by atoms with E-state index in [9.17, 15) is 0 Å². The van der Waals surface area contributed by atoms with Crippen LogP contribution in [0.2, 0.25) is 0 Å². The molecule has 0 saturated carbocycles. The molecule has 2 atom stereocenters. The van der Waals surface area contributed by atoms with Crippen LogP contribution in [0.25, 0.3) is 0 Å². The molecule has 3 heteroatoms. The zero-order valence-corrected chi connectivity index (χ0v) is 10.8. The molecule has 1 rings (SSSR count). The topological polar surface area (TPSA) is 25.8 Å². The molecular weight excluding hydrogens is 240 g/mol. The minimum atomic E-state index is 0.411. The Balaban J connectivity index is 3.04. The van der Waals surface area contributed by atoms with Crippen LogP contribution in [-0.4, -0.2) is 14.8 Å². The Hall–Kier alpha value is -0.440. The fourth-order valence-electron chi connectivity index (χ4n) is 1.63. The molecule has 0 amide bonds. The van der Waals surface area contributed by atoms with Gasteiger partial charge < -0.3 is 0 Å². The van der Waals surface area contributed by atoms with E-state index in [-0.39, 0.29) is 0 Å². The number of halogens is 1. The van der Waals surface area contributed by atoms with Crippen molar-refractivity contribution >= 4 is 15.9 Å². The first kappa shape index (κ1) is 11.6. The zero-order valence-electron chi connectivity index (χ0n) is 9.21. The molecular formula is C11H17BrN2. The molecule has 2 unspecified atom stereocenters. The predicted molar refractivity (Wildman–Crippen MR) is 62.9 cm³/mol. The van der Waals surface area contributed by atoms with Crippen LogP contribution in [0.15, 0.2) is 6.07 Å². The van der Waals surface area contributed by atoms with Crippen molar-refractivity contribution in [2.45, 2.75) is 44.9 Å². The maximum atomic E-state index is 4.49. The average molecular weight is 257 g/mol. The van der Waals surface area contributed by atoms with Crippen molar-refractivity contribution in [2.24, 2.45) is 0 Å². The Labute approximate surface area is 94.3 Å². The first-order valence-corrected chi connectivity index (χ1v) is 5.92. The second-order valence-corrected chi connectivity index (χ2v) is 5.15. The van der Waals surface area contributed by atoms with Crippen LogP contribution >= 0.6 is 15.9 Å². The number of nitrogens with zero attached hydrogens (tertiary/aromatic N) is 2. The van der Waals surface area contributed by atoms with Gasteiger partial charge in [0.1, 0.15) is 5.82 Å². The van der Waals surface area contributed by atoms with Gasteiger partial charge >= 0.3 is 0 Å². The third-order valence-electron chi connectivity index (χ3n) is 2.33. The van der Waals surface area contributed by atoms with Gasteiger partial charge in [0, 0.05) is 22.1 Å². The van der Waals surface area contributed by atoms with Crippen molar-refractivity contribution in [3.05, 3.63) is 23.3 Å². The van der Waals surface area contributed by atoms with E-state index in [0.29, 0.717) is 10.7 Å². The summed E-state index contributed by atoms with van der Waals surface area (Å²) in [7, 11) is 0. The smallest absolute Gasteiger partial charge is 0.133 e. The normalized spacial score (nSPS) is 15.2. The van der Waals surface area contributed by atoms with Crippen molar-refractivity contribution in [3.8, 4) is 0 Å². The van der Waals surface area contributed by atoms with Gasteiger partial charge in [-0.25, -0.2) is 9.97 Å². The minimum Gasteiger partial charge on any atom is -0.238 e. The molecule has 0 aromatic carbocycles. The third kappa shape index (κ3) is 2.77. The summed E-state index contributed by atoms with van der Waals surface area (Å²) in [6.07, 6.45) is 1.06. The highest BCUT2D eigenvalue weighted by molar-refractivity contribution is 9.09. The number of hydrogen-bond donors (Lipinski definition) is 0. The van der Waals surface area contributed by atoms with Crippen LogP contribution in [0.3, 0.4) is 0 Å². The molecule has 0 spiro atoms. The largest absolute Gasteiger partial charge is 0.238 e. The maximum absolute atomic E-state index is 4.49.